The van der Waals surface area contributed by atoms with Gasteiger partial charge >= 0.3 is 0 Å². The molecule has 1 saturated heterocycles. The van der Waals surface area contributed by atoms with Crippen LogP contribution in [0.2, 0.25) is 0 Å². The van der Waals surface area contributed by atoms with Crippen LogP contribution in [0.25, 0.3) is 0 Å². The first-order valence-corrected chi connectivity index (χ1v) is 10.9. The van der Waals surface area contributed by atoms with Gasteiger partial charge in [0.2, 0.25) is 5.95 Å². The minimum atomic E-state index is 0.570. The third kappa shape index (κ3) is 5.38. The summed E-state index contributed by atoms with van der Waals surface area (Å²) in [6.07, 6.45) is 9.04. The van der Waals surface area contributed by atoms with Gasteiger partial charge in [-0.1, -0.05) is 19.9 Å². The molecule has 2 N–H and O–H groups in total. The van der Waals surface area contributed by atoms with Gasteiger partial charge in [-0.3, -0.25) is 10.00 Å². The molecule has 3 aromatic heterocycles. The average molecular weight is 407 g/mol. The lowest BCUT2D eigenvalue weighted by molar-refractivity contribution is 0.176. The topological polar surface area (TPSA) is 95.5 Å². The standard InChI is InChI=1S/C22H30N8/c1-3-19-23-13-17(14-24-19)15-30-10-8-16(9-11-30)12-18-6-5-7-21(25-18)27-22-26-20(4-2)28-29-22/h5-7,13-14,16H,3-4,8-12,15H2,1-2H3,(H2,25,26,27,28,29). The molecule has 3 aromatic rings. The number of nitrogens with zero attached hydrogens (tertiary/aromatic N) is 6. The van der Waals surface area contributed by atoms with Crippen LogP contribution in [0.4, 0.5) is 11.8 Å². The summed E-state index contributed by atoms with van der Waals surface area (Å²) >= 11 is 0. The molecule has 0 bridgehead atoms. The van der Waals surface area contributed by atoms with Crippen molar-refractivity contribution < 1.29 is 0 Å². The van der Waals surface area contributed by atoms with Crippen molar-refractivity contribution in [3.05, 3.63) is 53.5 Å². The normalized spacial score (nSPS) is 15.4. The fourth-order valence-electron chi connectivity index (χ4n) is 3.84. The second-order valence-corrected chi connectivity index (χ2v) is 7.88. The second kappa shape index (κ2) is 9.75. The Morgan fingerprint density at radius 1 is 1.07 bits per heavy atom. The molecule has 0 radical (unpaired) electrons. The van der Waals surface area contributed by atoms with E-state index in [0.717, 1.165) is 62.1 Å². The van der Waals surface area contributed by atoms with Crippen LogP contribution in [0.5, 0.6) is 0 Å². The van der Waals surface area contributed by atoms with E-state index >= 15 is 0 Å². The van der Waals surface area contributed by atoms with Crippen LogP contribution in [0.15, 0.2) is 30.6 Å². The minimum Gasteiger partial charge on any atom is -0.307 e. The van der Waals surface area contributed by atoms with Gasteiger partial charge in [-0.05, 0) is 50.4 Å². The Balaban J connectivity index is 1.27. The van der Waals surface area contributed by atoms with Gasteiger partial charge in [0.1, 0.15) is 17.5 Å². The van der Waals surface area contributed by atoms with Gasteiger partial charge in [-0.15, -0.1) is 5.10 Å². The summed E-state index contributed by atoms with van der Waals surface area (Å²) in [7, 11) is 0. The Bertz CT molecular complexity index is 928. The number of aryl methyl sites for hydroxylation is 2. The zero-order valence-electron chi connectivity index (χ0n) is 17.8. The predicted octanol–water partition coefficient (Wildman–Crippen LogP) is 3.31. The van der Waals surface area contributed by atoms with Crippen molar-refractivity contribution in [2.45, 2.75) is 52.5 Å². The molecule has 1 aliphatic heterocycles. The summed E-state index contributed by atoms with van der Waals surface area (Å²) in [5.41, 5.74) is 2.32. The van der Waals surface area contributed by atoms with Gasteiger partial charge in [-0.2, -0.15) is 4.98 Å². The Morgan fingerprint density at radius 3 is 2.57 bits per heavy atom. The molecule has 30 heavy (non-hydrogen) atoms. The van der Waals surface area contributed by atoms with E-state index in [9.17, 15) is 0 Å². The van der Waals surface area contributed by atoms with Gasteiger partial charge in [0.15, 0.2) is 0 Å². The molecule has 0 amide bonds. The molecule has 0 atom stereocenters. The van der Waals surface area contributed by atoms with Gasteiger partial charge in [0, 0.05) is 43.0 Å². The summed E-state index contributed by atoms with van der Waals surface area (Å²) in [6, 6.07) is 6.12. The van der Waals surface area contributed by atoms with E-state index in [2.05, 4.69) is 48.4 Å². The number of hydrogen-bond donors (Lipinski definition) is 2. The number of aromatic amines is 1. The highest BCUT2D eigenvalue weighted by Gasteiger charge is 2.20. The fourth-order valence-corrected chi connectivity index (χ4v) is 3.84. The minimum absolute atomic E-state index is 0.570. The van der Waals surface area contributed by atoms with E-state index in [-0.39, 0.29) is 0 Å². The maximum Gasteiger partial charge on any atom is 0.247 e. The van der Waals surface area contributed by atoms with E-state index in [1.54, 1.807) is 0 Å². The number of anilines is 2. The van der Waals surface area contributed by atoms with Crippen LogP contribution in [-0.2, 0) is 25.8 Å². The van der Waals surface area contributed by atoms with Crippen LogP contribution in [-0.4, -0.2) is 48.1 Å². The molecule has 4 heterocycles. The number of H-pyrrole nitrogens is 1. The van der Waals surface area contributed by atoms with E-state index in [4.69, 9.17) is 4.98 Å². The quantitative estimate of drug-likeness (QED) is 0.592. The average Bonchev–Trinajstić information content (AvgIpc) is 3.23. The first-order valence-electron chi connectivity index (χ1n) is 10.9. The summed E-state index contributed by atoms with van der Waals surface area (Å²) in [4.78, 5) is 20.5. The lowest BCUT2D eigenvalue weighted by Crippen LogP contribution is -2.34. The van der Waals surface area contributed by atoms with Crippen molar-refractivity contribution in [2.24, 2.45) is 5.92 Å². The molecule has 0 aliphatic carbocycles. The van der Waals surface area contributed by atoms with E-state index in [1.165, 1.54) is 18.4 Å². The summed E-state index contributed by atoms with van der Waals surface area (Å²) in [6.45, 7) is 7.27. The summed E-state index contributed by atoms with van der Waals surface area (Å²) < 4.78 is 0. The molecule has 1 fully saturated rings. The molecule has 0 spiro atoms. The van der Waals surface area contributed by atoms with Gasteiger partial charge in [0.05, 0.1) is 0 Å². The van der Waals surface area contributed by atoms with Crippen LogP contribution >= 0.6 is 0 Å². The van der Waals surface area contributed by atoms with Crippen molar-refractivity contribution in [1.29, 1.82) is 0 Å². The maximum atomic E-state index is 4.77. The van der Waals surface area contributed by atoms with Crippen molar-refractivity contribution in [2.75, 3.05) is 18.4 Å². The molecular weight excluding hydrogens is 376 g/mol. The van der Waals surface area contributed by atoms with E-state index < -0.39 is 0 Å². The van der Waals surface area contributed by atoms with E-state index in [0.29, 0.717) is 11.9 Å². The Morgan fingerprint density at radius 2 is 1.87 bits per heavy atom. The largest absolute Gasteiger partial charge is 0.307 e. The summed E-state index contributed by atoms with van der Waals surface area (Å²) in [5.74, 6) is 3.81. The van der Waals surface area contributed by atoms with Crippen LogP contribution in [0.3, 0.4) is 0 Å². The number of hydrogen-bond acceptors (Lipinski definition) is 7. The Hall–Kier alpha value is -2.87. The number of rotatable bonds is 8. The first-order chi connectivity index (χ1) is 14.7. The van der Waals surface area contributed by atoms with Crippen LogP contribution in [0, 0.1) is 5.92 Å². The van der Waals surface area contributed by atoms with Crippen molar-refractivity contribution in [3.8, 4) is 0 Å². The fraction of sp³-hybridized carbons (Fsp3) is 0.500. The zero-order chi connectivity index (χ0) is 20.8. The monoisotopic (exact) mass is 406 g/mol. The van der Waals surface area contributed by atoms with Gasteiger partial charge in [-0.25, -0.2) is 15.0 Å². The van der Waals surface area contributed by atoms with Crippen LogP contribution < -0.4 is 5.32 Å². The highest BCUT2D eigenvalue weighted by molar-refractivity contribution is 5.47. The highest BCUT2D eigenvalue weighted by atomic mass is 15.3. The lowest BCUT2D eigenvalue weighted by atomic mass is 9.92. The molecule has 4 rings (SSSR count). The Labute approximate surface area is 177 Å². The van der Waals surface area contributed by atoms with Crippen molar-refractivity contribution >= 4 is 11.8 Å². The Kier molecular flexibility index (Phi) is 6.63. The number of pyridine rings is 1. The second-order valence-electron chi connectivity index (χ2n) is 7.88. The van der Waals surface area contributed by atoms with Gasteiger partial charge in [0.25, 0.3) is 0 Å². The summed E-state index contributed by atoms with van der Waals surface area (Å²) in [5, 5.41) is 10.3. The van der Waals surface area contributed by atoms with Gasteiger partial charge < -0.3 is 5.32 Å². The third-order valence-corrected chi connectivity index (χ3v) is 5.60. The molecule has 0 saturated carbocycles. The van der Waals surface area contributed by atoms with Crippen molar-refractivity contribution in [1.82, 2.24) is 35.0 Å². The van der Waals surface area contributed by atoms with E-state index in [1.807, 2.05) is 31.5 Å². The first kappa shape index (κ1) is 20.4. The molecule has 0 unspecified atom stereocenters. The lowest BCUT2D eigenvalue weighted by Gasteiger charge is -2.31. The number of piperidine rings is 1. The molecule has 8 nitrogen and oxygen atoms in total. The predicted molar refractivity (Wildman–Crippen MR) is 116 cm³/mol. The van der Waals surface area contributed by atoms with Crippen molar-refractivity contribution in [3.63, 3.8) is 0 Å². The third-order valence-electron chi connectivity index (χ3n) is 5.60. The number of likely N-dealkylation sites (tertiary alicyclic amines) is 1. The smallest absolute Gasteiger partial charge is 0.247 e. The highest BCUT2D eigenvalue weighted by Crippen LogP contribution is 2.23. The molecule has 0 aromatic carbocycles. The number of aromatic nitrogens is 6. The van der Waals surface area contributed by atoms with Crippen LogP contribution in [0.1, 0.15) is 49.6 Å². The molecular formula is C22H30N8. The zero-order valence-corrected chi connectivity index (χ0v) is 17.8. The molecule has 1 aliphatic rings. The molecule has 8 heteroatoms. The number of nitrogens with one attached hydrogen (secondary N) is 2. The SMILES string of the molecule is CCc1ncc(CN2CCC(Cc3cccc(Nc4n[nH]c(CC)n4)n3)CC2)cn1. The maximum absolute atomic E-state index is 4.77. The molecule has 158 valence electrons.